The van der Waals surface area contributed by atoms with Gasteiger partial charge in [0.15, 0.2) is 0 Å². The van der Waals surface area contributed by atoms with Crippen LogP contribution in [-0.4, -0.2) is 0 Å². The summed E-state index contributed by atoms with van der Waals surface area (Å²) in [5, 5.41) is 0. The van der Waals surface area contributed by atoms with Gasteiger partial charge in [-0.05, 0) is 51.4 Å². The minimum absolute atomic E-state index is 0.00589. The lowest BCUT2D eigenvalue weighted by Crippen LogP contribution is -2.12. The summed E-state index contributed by atoms with van der Waals surface area (Å²) in [6, 6.07) is 29.9. The SMILES string of the molecule is CC(C)(C)c1[c]c(C=Cc2ccccc2)cc(C=Cc2ccccc2)[c]1. The molecular formula is C26H24. The highest BCUT2D eigenvalue weighted by Gasteiger charge is 2.15. The molecule has 0 spiro atoms. The summed E-state index contributed by atoms with van der Waals surface area (Å²) in [6.45, 7) is 6.60. The van der Waals surface area contributed by atoms with Gasteiger partial charge in [0.05, 0.1) is 0 Å². The van der Waals surface area contributed by atoms with Crippen molar-refractivity contribution < 1.29 is 0 Å². The van der Waals surface area contributed by atoms with E-state index in [2.05, 4.69) is 112 Å². The third kappa shape index (κ3) is 5.07. The Bertz CT molecular complexity index is 824. The molecule has 0 aliphatic heterocycles. The molecule has 0 saturated carbocycles. The first-order valence-electron chi connectivity index (χ1n) is 8.97. The summed E-state index contributed by atoms with van der Waals surface area (Å²) in [5.41, 5.74) is 5.63. The molecule has 3 aromatic carbocycles. The maximum Gasteiger partial charge on any atom is -0.00581 e. The van der Waals surface area contributed by atoms with Gasteiger partial charge in [-0.3, -0.25) is 0 Å². The summed E-state index contributed by atoms with van der Waals surface area (Å²) in [6.07, 6.45) is 8.50. The highest BCUT2D eigenvalue weighted by atomic mass is 14.2. The number of benzene rings is 3. The van der Waals surface area contributed by atoms with E-state index >= 15 is 0 Å². The molecule has 26 heavy (non-hydrogen) atoms. The summed E-state index contributed by atoms with van der Waals surface area (Å²) in [5.74, 6) is 0. The Hall–Kier alpha value is -2.86. The van der Waals surface area contributed by atoms with Crippen LogP contribution in [0.4, 0.5) is 0 Å². The van der Waals surface area contributed by atoms with Gasteiger partial charge in [-0.1, -0.05) is 106 Å². The molecule has 0 fully saturated rings. The van der Waals surface area contributed by atoms with E-state index in [1.165, 1.54) is 11.1 Å². The van der Waals surface area contributed by atoms with Gasteiger partial charge >= 0.3 is 0 Å². The van der Waals surface area contributed by atoms with Gasteiger partial charge in [-0.2, -0.15) is 0 Å². The zero-order chi connectivity index (χ0) is 18.4. The standard InChI is InChI=1S/C26H24/c1-26(2,3)25-19-23(16-14-21-10-6-4-7-11-21)18-24(20-25)17-15-22-12-8-5-9-13-22/h4-18H,1-3H3. The second-order valence-corrected chi connectivity index (χ2v) is 7.42. The first-order valence-corrected chi connectivity index (χ1v) is 8.97. The van der Waals surface area contributed by atoms with Gasteiger partial charge in [-0.25, -0.2) is 0 Å². The molecule has 3 rings (SSSR count). The van der Waals surface area contributed by atoms with E-state index in [1.54, 1.807) is 0 Å². The largest absolute Gasteiger partial charge is 0.0622 e. The molecule has 0 saturated heterocycles. The molecule has 0 aliphatic carbocycles. The fourth-order valence-electron chi connectivity index (χ4n) is 2.61. The van der Waals surface area contributed by atoms with E-state index in [0.29, 0.717) is 0 Å². The van der Waals surface area contributed by atoms with Crippen molar-refractivity contribution in [1.82, 2.24) is 0 Å². The normalized spacial score (nSPS) is 12.1. The van der Waals surface area contributed by atoms with Gasteiger partial charge in [0, 0.05) is 0 Å². The number of rotatable bonds is 4. The van der Waals surface area contributed by atoms with Gasteiger partial charge in [0.2, 0.25) is 0 Å². The Balaban J connectivity index is 1.94. The third-order valence-corrected chi connectivity index (χ3v) is 4.11. The average Bonchev–Trinajstić information content (AvgIpc) is 2.66. The van der Waals surface area contributed by atoms with Crippen LogP contribution in [0.25, 0.3) is 24.3 Å². The third-order valence-electron chi connectivity index (χ3n) is 4.11. The molecule has 0 amide bonds. The minimum atomic E-state index is 0.00589. The maximum atomic E-state index is 3.52. The second-order valence-electron chi connectivity index (χ2n) is 7.42. The van der Waals surface area contributed by atoms with Crippen molar-refractivity contribution in [1.29, 1.82) is 0 Å². The molecule has 0 nitrogen and oxygen atoms in total. The van der Waals surface area contributed by atoms with Crippen LogP contribution in [0.2, 0.25) is 0 Å². The van der Waals surface area contributed by atoms with E-state index in [9.17, 15) is 0 Å². The van der Waals surface area contributed by atoms with Crippen LogP contribution in [0.3, 0.4) is 0 Å². The Labute approximate surface area is 157 Å². The van der Waals surface area contributed by atoms with Crippen LogP contribution in [0.5, 0.6) is 0 Å². The van der Waals surface area contributed by atoms with Crippen molar-refractivity contribution in [3.63, 3.8) is 0 Å². The van der Waals surface area contributed by atoms with Gasteiger partial charge in [-0.15, -0.1) is 0 Å². The predicted molar refractivity (Wildman–Crippen MR) is 114 cm³/mol. The zero-order valence-corrected chi connectivity index (χ0v) is 15.7. The van der Waals surface area contributed by atoms with Crippen LogP contribution in [-0.2, 0) is 5.41 Å². The number of hydrogen-bond acceptors (Lipinski definition) is 0. The highest BCUT2D eigenvalue weighted by Crippen LogP contribution is 2.25. The molecule has 0 bridgehead atoms. The Kier molecular flexibility index (Phi) is 5.53. The quantitative estimate of drug-likeness (QED) is 0.453. The minimum Gasteiger partial charge on any atom is -0.0622 e. The Morgan fingerprint density at radius 2 is 1.04 bits per heavy atom. The fraction of sp³-hybridized carbons (Fsp3) is 0.154. The van der Waals surface area contributed by atoms with Crippen molar-refractivity contribution in [3.8, 4) is 0 Å². The van der Waals surface area contributed by atoms with E-state index < -0.39 is 0 Å². The van der Waals surface area contributed by atoms with Gasteiger partial charge < -0.3 is 0 Å². The molecule has 0 atom stereocenters. The molecule has 0 heterocycles. The van der Waals surface area contributed by atoms with Crippen LogP contribution < -0.4 is 0 Å². The zero-order valence-electron chi connectivity index (χ0n) is 15.7. The van der Waals surface area contributed by atoms with Gasteiger partial charge in [0.1, 0.15) is 0 Å². The molecule has 0 heteroatoms. The molecule has 0 aromatic heterocycles. The summed E-state index contributed by atoms with van der Waals surface area (Å²) in [4.78, 5) is 0. The smallest absolute Gasteiger partial charge is 0.00581 e. The molecule has 0 N–H and O–H groups in total. The predicted octanol–water partition coefficient (Wildman–Crippen LogP) is 6.93. The lowest BCUT2D eigenvalue weighted by molar-refractivity contribution is 0.588. The number of hydrogen-bond donors (Lipinski definition) is 0. The maximum absolute atomic E-state index is 3.52. The van der Waals surface area contributed by atoms with Crippen molar-refractivity contribution in [2.75, 3.05) is 0 Å². The Morgan fingerprint density at radius 1 is 0.615 bits per heavy atom. The first-order chi connectivity index (χ1) is 12.5. The molecule has 0 unspecified atom stereocenters. The van der Waals surface area contributed by atoms with Crippen LogP contribution in [0, 0.1) is 12.1 Å². The lowest BCUT2D eigenvalue weighted by atomic mass is 9.85. The first kappa shape index (κ1) is 17.9. The molecule has 0 aliphatic rings. The monoisotopic (exact) mass is 336 g/mol. The van der Waals surface area contributed by atoms with Crippen molar-refractivity contribution in [3.05, 3.63) is 107 Å². The van der Waals surface area contributed by atoms with Crippen LogP contribution in [0.15, 0.2) is 66.7 Å². The van der Waals surface area contributed by atoms with Crippen molar-refractivity contribution in [2.24, 2.45) is 0 Å². The van der Waals surface area contributed by atoms with Crippen LogP contribution in [0.1, 0.15) is 48.6 Å². The average molecular weight is 336 g/mol. The topological polar surface area (TPSA) is 0 Å². The highest BCUT2D eigenvalue weighted by molar-refractivity contribution is 5.74. The van der Waals surface area contributed by atoms with E-state index in [1.807, 2.05) is 12.1 Å². The molecule has 128 valence electrons. The summed E-state index contributed by atoms with van der Waals surface area (Å²) < 4.78 is 0. The summed E-state index contributed by atoms with van der Waals surface area (Å²) in [7, 11) is 0. The second kappa shape index (κ2) is 8.01. The van der Waals surface area contributed by atoms with Crippen LogP contribution >= 0.6 is 0 Å². The molecule has 2 radical (unpaired) electrons. The van der Waals surface area contributed by atoms with E-state index in [-0.39, 0.29) is 5.41 Å². The van der Waals surface area contributed by atoms with Gasteiger partial charge in [0.25, 0.3) is 0 Å². The molecular weight excluding hydrogens is 312 g/mol. The van der Waals surface area contributed by atoms with E-state index in [0.717, 1.165) is 16.7 Å². The molecule has 3 aromatic rings. The van der Waals surface area contributed by atoms with Crippen molar-refractivity contribution >= 4 is 24.3 Å². The summed E-state index contributed by atoms with van der Waals surface area (Å²) >= 11 is 0. The Morgan fingerprint density at radius 3 is 1.42 bits per heavy atom. The fourth-order valence-corrected chi connectivity index (χ4v) is 2.61. The van der Waals surface area contributed by atoms with E-state index in [4.69, 9.17) is 0 Å². The van der Waals surface area contributed by atoms with Crippen molar-refractivity contribution in [2.45, 2.75) is 26.2 Å². The lowest BCUT2D eigenvalue weighted by Gasteiger charge is -2.19.